The van der Waals surface area contributed by atoms with E-state index in [-0.39, 0.29) is 0 Å². The SMILES string of the molecule is CC[C@H]1CCN[C@H]1[C@H](CC)c1ccccc1. The first kappa shape index (κ1) is 11.7. The lowest BCUT2D eigenvalue weighted by atomic mass is 9.82. The van der Waals surface area contributed by atoms with Gasteiger partial charge in [-0.25, -0.2) is 0 Å². The van der Waals surface area contributed by atoms with Gasteiger partial charge in [-0.2, -0.15) is 0 Å². The fraction of sp³-hybridized carbons (Fsp3) is 0.600. The Hall–Kier alpha value is -0.820. The smallest absolute Gasteiger partial charge is 0.0164 e. The topological polar surface area (TPSA) is 12.0 Å². The molecule has 1 aromatic carbocycles. The number of rotatable bonds is 4. The molecule has 0 radical (unpaired) electrons. The van der Waals surface area contributed by atoms with Crippen LogP contribution in [0.4, 0.5) is 0 Å². The Morgan fingerprint density at radius 3 is 2.62 bits per heavy atom. The molecule has 1 fully saturated rings. The van der Waals surface area contributed by atoms with Gasteiger partial charge in [-0.05, 0) is 36.8 Å². The molecule has 1 saturated heterocycles. The largest absolute Gasteiger partial charge is 0.313 e. The van der Waals surface area contributed by atoms with Crippen LogP contribution in [0.1, 0.15) is 44.6 Å². The van der Waals surface area contributed by atoms with Gasteiger partial charge < -0.3 is 5.32 Å². The lowest BCUT2D eigenvalue weighted by molar-refractivity contribution is 0.367. The van der Waals surface area contributed by atoms with E-state index in [0.29, 0.717) is 12.0 Å². The van der Waals surface area contributed by atoms with E-state index in [4.69, 9.17) is 0 Å². The summed E-state index contributed by atoms with van der Waals surface area (Å²) in [5.74, 6) is 1.55. The number of nitrogens with one attached hydrogen (secondary N) is 1. The highest BCUT2D eigenvalue weighted by molar-refractivity contribution is 5.22. The van der Waals surface area contributed by atoms with Crippen molar-refractivity contribution in [2.45, 2.75) is 45.1 Å². The first-order valence-corrected chi connectivity index (χ1v) is 6.65. The predicted molar refractivity (Wildman–Crippen MR) is 69.7 cm³/mol. The summed E-state index contributed by atoms with van der Waals surface area (Å²) in [5, 5.41) is 3.71. The maximum absolute atomic E-state index is 3.71. The van der Waals surface area contributed by atoms with Crippen molar-refractivity contribution in [3.05, 3.63) is 35.9 Å². The van der Waals surface area contributed by atoms with E-state index in [9.17, 15) is 0 Å². The Kier molecular flexibility index (Phi) is 4.00. The van der Waals surface area contributed by atoms with E-state index in [1.807, 2.05) is 0 Å². The molecule has 2 rings (SSSR count). The second-order valence-electron chi connectivity index (χ2n) is 4.86. The third-order valence-electron chi connectivity index (χ3n) is 4.03. The van der Waals surface area contributed by atoms with E-state index >= 15 is 0 Å². The van der Waals surface area contributed by atoms with Crippen LogP contribution in [-0.2, 0) is 0 Å². The van der Waals surface area contributed by atoms with Crippen LogP contribution in [0.25, 0.3) is 0 Å². The van der Waals surface area contributed by atoms with Crippen LogP contribution in [0.2, 0.25) is 0 Å². The van der Waals surface area contributed by atoms with Gasteiger partial charge >= 0.3 is 0 Å². The molecule has 0 spiro atoms. The molecular weight excluding hydrogens is 194 g/mol. The van der Waals surface area contributed by atoms with Gasteiger partial charge in [0.05, 0.1) is 0 Å². The maximum Gasteiger partial charge on any atom is 0.0164 e. The van der Waals surface area contributed by atoms with Gasteiger partial charge in [-0.3, -0.25) is 0 Å². The minimum absolute atomic E-state index is 0.689. The minimum Gasteiger partial charge on any atom is -0.313 e. The molecule has 16 heavy (non-hydrogen) atoms. The van der Waals surface area contributed by atoms with E-state index in [2.05, 4.69) is 49.5 Å². The Bertz CT molecular complexity index is 306. The highest BCUT2D eigenvalue weighted by Gasteiger charge is 2.31. The highest BCUT2D eigenvalue weighted by Crippen LogP contribution is 2.33. The molecule has 3 atom stereocenters. The van der Waals surface area contributed by atoms with E-state index in [1.165, 1.54) is 31.4 Å². The van der Waals surface area contributed by atoms with Crippen molar-refractivity contribution in [1.82, 2.24) is 5.32 Å². The Morgan fingerprint density at radius 2 is 2.00 bits per heavy atom. The fourth-order valence-electron chi connectivity index (χ4n) is 3.11. The van der Waals surface area contributed by atoms with Crippen LogP contribution < -0.4 is 5.32 Å². The average Bonchev–Trinajstić information content (AvgIpc) is 2.80. The number of hydrogen-bond donors (Lipinski definition) is 1. The Balaban J connectivity index is 2.16. The molecule has 1 aliphatic heterocycles. The summed E-state index contributed by atoms with van der Waals surface area (Å²) < 4.78 is 0. The molecule has 1 heterocycles. The lowest BCUT2D eigenvalue weighted by Crippen LogP contribution is -2.33. The zero-order valence-corrected chi connectivity index (χ0v) is 10.4. The normalized spacial score (nSPS) is 26.9. The molecule has 1 aromatic rings. The second kappa shape index (κ2) is 5.49. The monoisotopic (exact) mass is 217 g/mol. The van der Waals surface area contributed by atoms with Crippen molar-refractivity contribution < 1.29 is 0 Å². The van der Waals surface area contributed by atoms with Crippen molar-refractivity contribution in [3.63, 3.8) is 0 Å². The van der Waals surface area contributed by atoms with E-state index in [1.54, 1.807) is 0 Å². The molecular formula is C15H23N. The van der Waals surface area contributed by atoms with Gasteiger partial charge in [-0.15, -0.1) is 0 Å². The molecule has 1 heteroatoms. The molecule has 0 bridgehead atoms. The van der Waals surface area contributed by atoms with E-state index < -0.39 is 0 Å². The molecule has 0 aliphatic carbocycles. The van der Waals surface area contributed by atoms with Crippen molar-refractivity contribution >= 4 is 0 Å². The lowest BCUT2D eigenvalue weighted by Gasteiger charge is -2.28. The molecule has 1 aliphatic rings. The van der Waals surface area contributed by atoms with Crippen LogP contribution in [0.15, 0.2) is 30.3 Å². The van der Waals surface area contributed by atoms with Crippen LogP contribution in [0.3, 0.4) is 0 Å². The zero-order valence-electron chi connectivity index (χ0n) is 10.4. The molecule has 0 aromatic heterocycles. The van der Waals surface area contributed by atoms with E-state index in [0.717, 1.165) is 5.92 Å². The standard InChI is InChI=1S/C15H23N/c1-3-12-10-11-16-15(12)14(4-2)13-8-6-5-7-9-13/h5-9,12,14-16H,3-4,10-11H2,1-2H3/t12-,14+,15+/m0/s1. The number of benzene rings is 1. The summed E-state index contributed by atoms with van der Waals surface area (Å²) in [6.45, 7) is 5.83. The van der Waals surface area contributed by atoms with Gasteiger partial charge in [0.1, 0.15) is 0 Å². The maximum atomic E-state index is 3.71. The molecule has 88 valence electrons. The third-order valence-corrected chi connectivity index (χ3v) is 4.03. The first-order chi connectivity index (χ1) is 7.86. The van der Waals surface area contributed by atoms with Crippen LogP contribution >= 0.6 is 0 Å². The Morgan fingerprint density at radius 1 is 1.25 bits per heavy atom. The summed E-state index contributed by atoms with van der Waals surface area (Å²) in [5.41, 5.74) is 1.50. The predicted octanol–water partition coefficient (Wildman–Crippen LogP) is 3.57. The minimum atomic E-state index is 0.689. The molecule has 1 N–H and O–H groups in total. The second-order valence-corrected chi connectivity index (χ2v) is 4.86. The fourth-order valence-corrected chi connectivity index (χ4v) is 3.11. The first-order valence-electron chi connectivity index (χ1n) is 6.65. The molecule has 0 unspecified atom stereocenters. The van der Waals surface area contributed by atoms with Crippen molar-refractivity contribution in [1.29, 1.82) is 0 Å². The van der Waals surface area contributed by atoms with Crippen molar-refractivity contribution in [2.75, 3.05) is 6.54 Å². The van der Waals surface area contributed by atoms with Crippen molar-refractivity contribution in [3.8, 4) is 0 Å². The van der Waals surface area contributed by atoms with Crippen LogP contribution in [0, 0.1) is 5.92 Å². The quantitative estimate of drug-likeness (QED) is 0.813. The summed E-state index contributed by atoms with van der Waals surface area (Å²) >= 11 is 0. The highest BCUT2D eigenvalue weighted by atomic mass is 15.0. The summed E-state index contributed by atoms with van der Waals surface area (Å²) in [6, 6.07) is 11.7. The summed E-state index contributed by atoms with van der Waals surface area (Å²) in [7, 11) is 0. The molecule has 0 amide bonds. The molecule has 0 saturated carbocycles. The third kappa shape index (κ3) is 2.30. The molecule has 1 nitrogen and oxygen atoms in total. The van der Waals surface area contributed by atoms with Gasteiger partial charge in [0.2, 0.25) is 0 Å². The van der Waals surface area contributed by atoms with Crippen LogP contribution in [0.5, 0.6) is 0 Å². The number of hydrogen-bond acceptors (Lipinski definition) is 1. The van der Waals surface area contributed by atoms with Crippen LogP contribution in [-0.4, -0.2) is 12.6 Å². The zero-order chi connectivity index (χ0) is 11.4. The van der Waals surface area contributed by atoms with Gasteiger partial charge in [0.15, 0.2) is 0 Å². The average molecular weight is 217 g/mol. The Labute approximate surface area is 99.3 Å². The van der Waals surface area contributed by atoms with Gasteiger partial charge in [-0.1, -0.05) is 50.6 Å². The summed E-state index contributed by atoms with van der Waals surface area (Å²) in [6.07, 6.45) is 3.89. The summed E-state index contributed by atoms with van der Waals surface area (Å²) in [4.78, 5) is 0. The van der Waals surface area contributed by atoms with Crippen molar-refractivity contribution in [2.24, 2.45) is 5.92 Å². The van der Waals surface area contributed by atoms with Gasteiger partial charge in [0, 0.05) is 6.04 Å². The van der Waals surface area contributed by atoms with Gasteiger partial charge in [0.25, 0.3) is 0 Å².